The van der Waals surface area contributed by atoms with E-state index in [0.717, 1.165) is 35.7 Å². The van der Waals surface area contributed by atoms with Gasteiger partial charge in [0.1, 0.15) is 0 Å². The summed E-state index contributed by atoms with van der Waals surface area (Å²) < 4.78 is 7.02. The van der Waals surface area contributed by atoms with Crippen molar-refractivity contribution < 1.29 is 9.84 Å². The van der Waals surface area contributed by atoms with Crippen molar-refractivity contribution in [3.05, 3.63) is 72.1 Å². The molecule has 0 spiro atoms. The highest BCUT2D eigenvalue weighted by Crippen LogP contribution is 2.26. The van der Waals surface area contributed by atoms with Gasteiger partial charge < -0.3 is 20.5 Å². The molecule has 1 heterocycles. The van der Waals surface area contributed by atoms with Gasteiger partial charge in [-0.15, -0.1) is 24.0 Å². The largest absolute Gasteiger partial charge is 0.504 e. The minimum Gasteiger partial charge on any atom is -0.504 e. The Morgan fingerprint density at radius 2 is 2.06 bits per heavy atom. The molecule has 0 aliphatic rings. The van der Waals surface area contributed by atoms with Crippen LogP contribution in [0.3, 0.4) is 0 Å². The smallest absolute Gasteiger partial charge is 0.191 e. The molecule has 1 aromatic heterocycles. The zero-order valence-electron chi connectivity index (χ0n) is 18.1. The lowest BCUT2D eigenvalue weighted by Crippen LogP contribution is -2.38. The molecule has 0 fully saturated rings. The maximum absolute atomic E-state index is 9.73. The Morgan fingerprint density at radius 1 is 1.23 bits per heavy atom. The third-order valence-corrected chi connectivity index (χ3v) is 4.75. The molecule has 31 heavy (non-hydrogen) atoms. The van der Waals surface area contributed by atoms with E-state index < -0.39 is 0 Å². The van der Waals surface area contributed by atoms with Gasteiger partial charge in [0.2, 0.25) is 0 Å². The zero-order chi connectivity index (χ0) is 21.3. The average molecular weight is 535 g/mol. The summed E-state index contributed by atoms with van der Waals surface area (Å²) in [5, 5.41) is 20.8. The molecule has 1 atom stereocenters. The number of guanidine groups is 1. The molecule has 0 amide bonds. The Morgan fingerprint density at radius 3 is 2.77 bits per heavy atom. The van der Waals surface area contributed by atoms with Gasteiger partial charge >= 0.3 is 0 Å². The molecule has 0 aliphatic carbocycles. The predicted molar refractivity (Wildman–Crippen MR) is 135 cm³/mol. The standard InChI is InChI=1S/C23H29N5O2.HI/c1-4-24-23(25-13-11-18-9-10-21(29)22(15-18)30-3)27-17(2)19-7-5-8-20(16-19)28-14-6-12-26-28;/h5-10,12,14-17,29H,4,11,13H2,1-3H3,(H2,24,25,27);1H. The van der Waals surface area contributed by atoms with Crippen molar-refractivity contribution in [2.75, 3.05) is 20.2 Å². The molecule has 2 aromatic carbocycles. The fourth-order valence-electron chi connectivity index (χ4n) is 3.14. The second kappa shape index (κ2) is 12.2. The lowest BCUT2D eigenvalue weighted by molar-refractivity contribution is 0.373. The van der Waals surface area contributed by atoms with Gasteiger partial charge in [0.15, 0.2) is 17.5 Å². The van der Waals surface area contributed by atoms with Crippen LogP contribution in [0.1, 0.15) is 31.0 Å². The van der Waals surface area contributed by atoms with E-state index in [2.05, 4.69) is 34.8 Å². The van der Waals surface area contributed by atoms with Crippen LogP contribution in [0.4, 0.5) is 0 Å². The van der Waals surface area contributed by atoms with Crippen molar-refractivity contribution in [1.82, 2.24) is 20.4 Å². The van der Waals surface area contributed by atoms with Crippen molar-refractivity contribution in [1.29, 1.82) is 0 Å². The molecular weight excluding hydrogens is 505 g/mol. The topological polar surface area (TPSA) is 83.7 Å². The van der Waals surface area contributed by atoms with Crippen molar-refractivity contribution in [2.24, 2.45) is 4.99 Å². The summed E-state index contributed by atoms with van der Waals surface area (Å²) in [6, 6.07) is 15.7. The molecule has 166 valence electrons. The summed E-state index contributed by atoms with van der Waals surface area (Å²) in [7, 11) is 1.55. The van der Waals surface area contributed by atoms with Crippen molar-refractivity contribution in [3.8, 4) is 17.2 Å². The molecule has 0 aliphatic heterocycles. The highest BCUT2D eigenvalue weighted by Gasteiger charge is 2.09. The third kappa shape index (κ3) is 6.88. The number of aromatic hydroxyl groups is 1. The summed E-state index contributed by atoms with van der Waals surface area (Å²) >= 11 is 0. The van der Waals surface area contributed by atoms with Gasteiger partial charge in [0, 0.05) is 25.5 Å². The Balaban J connectivity index is 0.00000341. The number of rotatable bonds is 8. The van der Waals surface area contributed by atoms with Crippen molar-refractivity contribution >= 4 is 29.9 Å². The van der Waals surface area contributed by atoms with Crippen LogP contribution >= 0.6 is 24.0 Å². The first-order valence-corrected chi connectivity index (χ1v) is 10.1. The van der Waals surface area contributed by atoms with Crippen LogP contribution in [0.5, 0.6) is 11.5 Å². The normalized spacial score (nSPS) is 12.0. The number of methoxy groups -OCH3 is 1. The molecule has 3 rings (SSSR count). The summed E-state index contributed by atoms with van der Waals surface area (Å²) in [6.45, 7) is 5.55. The summed E-state index contributed by atoms with van der Waals surface area (Å²) in [5.41, 5.74) is 3.23. The lowest BCUT2D eigenvalue weighted by atomic mass is 10.1. The molecule has 8 heteroatoms. The van der Waals surface area contributed by atoms with Crippen LogP contribution in [-0.2, 0) is 6.42 Å². The van der Waals surface area contributed by atoms with Crippen LogP contribution < -0.4 is 15.4 Å². The van der Waals surface area contributed by atoms with Gasteiger partial charge in [0.05, 0.1) is 18.8 Å². The fourth-order valence-corrected chi connectivity index (χ4v) is 3.14. The molecule has 0 radical (unpaired) electrons. The van der Waals surface area contributed by atoms with Crippen LogP contribution in [0.2, 0.25) is 0 Å². The summed E-state index contributed by atoms with van der Waals surface area (Å²) in [4.78, 5) is 4.70. The minimum absolute atomic E-state index is 0. The molecule has 3 N–H and O–H groups in total. The maximum Gasteiger partial charge on any atom is 0.191 e. The SMILES string of the molecule is CCNC(=NCCc1ccc(O)c(OC)c1)NC(C)c1cccc(-n2cccn2)c1.I. The Kier molecular flexibility index (Phi) is 9.64. The summed E-state index contributed by atoms with van der Waals surface area (Å²) in [6.07, 6.45) is 4.45. The van der Waals surface area contributed by atoms with Crippen LogP contribution in [0.25, 0.3) is 5.69 Å². The minimum atomic E-state index is 0. The van der Waals surface area contributed by atoms with Crippen LogP contribution in [0.15, 0.2) is 65.9 Å². The van der Waals surface area contributed by atoms with E-state index in [1.807, 2.05) is 48.1 Å². The number of halogens is 1. The lowest BCUT2D eigenvalue weighted by Gasteiger charge is -2.19. The van der Waals surface area contributed by atoms with Gasteiger partial charge in [-0.2, -0.15) is 5.10 Å². The van der Waals surface area contributed by atoms with Crippen molar-refractivity contribution in [2.45, 2.75) is 26.3 Å². The number of phenols is 1. The molecule has 7 nitrogen and oxygen atoms in total. The fraction of sp³-hybridized carbons (Fsp3) is 0.304. The number of nitrogens with one attached hydrogen (secondary N) is 2. The predicted octanol–water partition coefficient (Wildman–Crippen LogP) is 4.06. The highest BCUT2D eigenvalue weighted by molar-refractivity contribution is 14.0. The van der Waals surface area contributed by atoms with E-state index in [4.69, 9.17) is 9.73 Å². The number of nitrogens with zero attached hydrogens (tertiary/aromatic N) is 3. The number of ether oxygens (including phenoxy) is 1. The highest BCUT2D eigenvalue weighted by atomic mass is 127. The molecule has 1 unspecified atom stereocenters. The zero-order valence-corrected chi connectivity index (χ0v) is 20.4. The third-order valence-electron chi connectivity index (χ3n) is 4.75. The number of hydrogen-bond donors (Lipinski definition) is 3. The maximum atomic E-state index is 9.73. The monoisotopic (exact) mass is 535 g/mol. The molecule has 3 aromatic rings. The van der Waals surface area contributed by atoms with E-state index >= 15 is 0 Å². The first-order chi connectivity index (χ1) is 14.6. The first kappa shape index (κ1) is 24.5. The Labute approximate surface area is 200 Å². The van der Waals surface area contributed by atoms with E-state index in [1.54, 1.807) is 19.4 Å². The number of hydrogen-bond acceptors (Lipinski definition) is 4. The van der Waals surface area contributed by atoms with Crippen LogP contribution in [-0.4, -0.2) is 41.0 Å². The van der Waals surface area contributed by atoms with Crippen LogP contribution in [0, 0.1) is 0 Å². The Bertz CT molecular complexity index is 976. The van der Waals surface area contributed by atoms with Crippen molar-refractivity contribution in [3.63, 3.8) is 0 Å². The first-order valence-electron chi connectivity index (χ1n) is 10.1. The van der Waals surface area contributed by atoms with E-state index in [0.29, 0.717) is 12.3 Å². The van der Waals surface area contributed by atoms with E-state index in [1.165, 1.54) is 0 Å². The van der Waals surface area contributed by atoms with Gasteiger partial charge in [-0.05, 0) is 61.7 Å². The number of aromatic nitrogens is 2. The second-order valence-corrected chi connectivity index (χ2v) is 6.93. The second-order valence-electron chi connectivity index (χ2n) is 6.93. The molecule has 0 saturated carbocycles. The molecular formula is C23H30IN5O2. The Hall–Kier alpha value is -2.75. The average Bonchev–Trinajstić information content (AvgIpc) is 3.30. The van der Waals surface area contributed by atoms with Gasteiger partial charge in [-0.1, -0.05) is 18.2 Å². The molecule has 0 bridgehead atoms. The molecule has 0 saturated heterocycles. The van der Waals surface area contributed by atoms with Gasteiger partial charge in [0.25, 0.3) is 0 Å². The number of benzene rings is 2. The van der Waals surface area contributed by atoms with E-state index in [-0.39, 0.29) is 35.8 Å². The van der Waals surface area contributed by atoms with E-state index in [9.17, 15) is 5.11 Å². The quantitative estimate of drug-likeness (QED) is 0.230. The number of phenolic OH excluding ortho intramolecular Hbond substituents is 1. The van der Waals surface area contributed by atoms with Gasteiger partial charge in [-0.3, -0.25) is 4.99 Å². The number of aliphatic imine (C=N–C) groups is 1. The summed E-state index contributed by atoms with van der Waals surface area (Å²) in [5.74, 6) is 1.39. The van der Waals surface area contributed by atoms with Gasteiger partial charge in [-0.25, -0.2) is 4.68 Å².